The minimum atomic E-state index is 0.452. The van der Waals surface area contributed by atoms with Gasteiger partial charge >= 0.3 is 0 Å². The number of fused-ring (bicyclic) bond motifs is 3. The fourth-order valence-corrected chi connectivity index (χ4v) is 4.95. The van der Waals surface area contributed by atoms with Gasteiger partial charge < -0.3 is 0 Å². The van der Waals surface area contributed by atoms with Gasteiger partial charge in [-0.2, -0.15) is 0 Å². The molecule has 3 aliphatic carbocycles. The lowest BCUT2D eigenvalue weighted by Gasteiger charge is -2.54. The Labute approximate surface area is 99.0 Å². The van der Waals surface area contributed by atoms with Gasteiger partial charge in [0.1, 0.15) is 5.78 Å². The van der Waals surface area contributed by atoms with Crippen molar-refractivity contribution in [1.29, 1.82) is 0 Å². The van der Waals surface area contributed by atoms with Crippen molar-refractivity contribution in [2.75, 3.05) is 0 Å². The van der Waals surface area contributed by atoms with Crippen LogP contribution in [-0.2, 0) is 4.79 Å². The molecule has 0 unspecified atom stereocenters. The molecule has 0 amide bonds. The van der Waals surface area contributed by atoms with E-state index in [9.17, 15) is 4.79 Å². The fraction of sp³-hybridized carbons (Fsp3) is 0.933. The summed E-state index contributed by atoms with van der Waals surface area (Å²) in [5, 5.41) is 0. The third-order valence-electron chi connectivity index (χ3n) is 5.92. The van der Waals surface area contributed by atoms with E-state index in [0.29, 0.717) is 17.1 Å². The second kappa shape index (κ2) is 3.85. The van der Waals surface area contributed by atoms with Gasteiger partial charge in [-0.25, -0.2) is 0 Å². The summed E-state index contributed by atoms with van der Waals surface area (Å²) in [6, 6.07) is 0. The van der Waals surface area contributed by atoms with Crippen LogP contribution in [0.5, 0.6) is 0 Å². The van der Waals surface area contributed by atoms with Crippen molar-refractivity contribution >= 4 is 5.78 Å². The Bertz CT molecular complexity index is 296. The van der Waals surface area contributed by atoms with Gasteiger partial charge in [0.2, 0.25) is 0 Å². The summed E-state index contributed by atoms with van der Waals surface area (Å²) in [6.07, 6.45) is 11.6. The molecule has 3 rings (SSSR count). The van der Waals surface area contributed by atoms with Gasteiger partial charge in [-0.3, -0.25) is 4.79 Å². The maximum Gasteiger partial charge on any atom is 0.136 e. The summed E-state index contributed by atoms with van der Waals surface area (Å²) in [7, 11) is 0. The van der Waals surface area contributed by atoms with Crippen molar-refractivity contribution in [3.63, 3.8) is 0 Å². The number of Topliss-reactive ketones (excluding diaryl/α,β-unsaturated/α-hetero) is 1. The van der Waals surface area contributed by atoms with E-state index in [0.717, 1.165) is 18.3 Å². The molecule has 0 N–H and O–H groups in total. The first kappa shape index (κ1) is 10.8. The van der Waals surface area contributed by atoms with E-state index in [1.807, 2.05) is 0 Å². The van der Waals surface area contributed by atoms with Gasteiger partial charge in [-0.1, -0.05) is 32.6 Å². The predicted molar refractivity (Wildman–Crippen MR) is 65.1 cm³/mol. The number of rotatable bonds is 0. The largest absolute Gasteiger partial charge is 0.299 e. The molecule has 1 nitrogen and oxygen atoms in total. The molecule has 90 valence electrons. The third kappa shape index (κ3) is 1.47. The van der Waals surface area contributed by atoms with Crippen LogP contribution < -0.4 is 0 Å². The van der Waals surface area contributed by atoms with Crippen molar-refractivity contribution in [2.45, 2.75) is 64.7 Å². The molecule has 3 fully saturated rings. The Morgan fingerprint density at radius 1 is 1.06 bits per heavy atom. The van der Waals surface area contributed by atoms with Gasteiger partial charge in [0.15, 0.2) is 0 Å². The number of carbonyl (C=O) groups is 1. The van der Waals surface area contributed by atoms with Gasteiger partial charge in [-0.15, -0.1) is 0 Å². The molecule has 3 aliphatic rings. The average molecular weight is 220 g/mol. The topological polar surface area (TPSA) is 17.1 Å². The Balaban J connectivity index is 1.91. The molecule has 0 aliphatic heterocycles. The highest BCUT2D eigenvalue weighted by atomic mass is 16.1. The highest BCUT2D eigenvalue weighted by molar-refractivity contribution is 5.82. The molecule has 0 spiro atoms. The number of hydrogen-bond donors (Lipinski definition) is 0. The second-order valence-corrected chi connectivity index (χ2v) is 6.62. The van der Waals surface area contributed by atoms with Crippen molar-refractivity contribution < 1.29 is 4.79 Å². The quantitative estimate of drug-likeness (QED) is 0.604. The number of hydrogen-bond acceptors (Lipinski definition) is 1. The van der Waals surface area contributed by atoms with Crippen LogP contribution in [0.2, 0.25) is 0 Å². The van der Waals surface area contributed by atoms with Crippen molar-refractivity contribution in [1.82, 2.24) is 0 Å². The molecular formula is C15H24O. The van der Waals surface area contributed by atoms with Crippen LogP contribution in [0.15, 0.2) is 0 Å². The van der Waals surface area contributed by atoms with Gasteiger partial charge in [0, 0.05) is 12.3 Å². The molecular weight excluding hydrogens is 196 g/mol. The van der Waals surface area contributed by atoms with E-state index in [1.165, 1.54) is 51.4 Å². The Morgan fingerprint density at radius 3 is 2.69 bits per heavy atom. The number of carbonyl (C=O) groups excluding carboxylic acids is 1. The lowest BCUT2D eigenvalue weighted by molar-refractivity contribution is -0.142. The predicted octanol–water partition coefficient (Wildman–Crippen LogP) is 3.96. The van der Waals surface area contributed by atoms with E-state index in [2.05, 4.69) is 6.92 Å². The minimum absolute atomic E-state index is 0.452. The van der Waals surface area contributed by atoms with Crippen molar-refractivity contribution in [2.24, 2.45) is 23.2 Å². The summed E-state index contributed by atoms with van der Waals surface area (Å²) in [6.45, 7) is 2.51. The molecule has 1 heteroatoms. The molecule has 0 saturated heterocycles. The van der Waals surface area contributed by atoms with E-state index in [4.69, 9.17) is 0 Å². The molecule has 3 saturated carbocycles. The molecule has 0 aromatic carbocycles. The fourth-order valence-electron chi connectivity index (χ4n) is 4.95. The molecule has 16 heavy (non-hydrogen) atoms. The summed E-state index contributed by atoms with van der Waals surface area (Å²) >= 11 is 0. The summed E-state index contributed by atoms with van der Waals surface area (Å²) in [5.41, 5.74) is 0.525. The van der Waals surface area contributed by atoms with Crippen LogP contribution in [0.3, 0.4) is 0 Å². The van der Waals surface area contributed by atoms with E-state index in [-0.39, 0.29) is 0 Å². The van der Waals surface area contributed by atoms with E-state index < -0.39 is 0 Å². The SMILES string of the molecule is C[C@]12CCCC[C@@H]1CC(=O)[C@H]1CCCC[C@@H]12. The molecule has 0 heterocycles. The summed E-state index contributed by atoms with van der Waals surface area (Å²) < 4.78 is 0. The van der Waals surface area contributed by atoms with Gasteiger partial charge in [-0.05, 0) is 42.9 Å². The summed E-state index contributed by atoms with van der Waals surface area (Å²) in [5.74, 6) is 2.54. The first-order valence-electron chi connectivity index (χ1n) is 7.24. The Kier molecular flexibility index (Phi) is 2.60. The zero-order valence-corrected chi connectivity index (χ0v) is 10.5. The normalized spacial score (nSPS) is 48.3. The average Bonchev–Trinajstić information content (AvgIpc) is 2.31. The van der Waals surface area contributed by atoms with Crippen LogP contribution in [0.4, 0.5) is 0 Å². The van der Waals surface area contributed by atoms with E-state index >= 15 is 0 Å². The van der Waals surface area contributed by atoms with Crippen LogP contribution in [0.1, 0.15) is 64.7 Å². The van der Waals surface area contributed by atoms with Crippen LogP contribution in [-0.4, -0.2) is 5.78 Å². The first-order valence-corrected chi connectivity index (χ1v) is 7.24. The van der Waals surface area contributed by atoms with Crippen molar-refractivity contribution in [3.05, 3.63) is 0 Å². The third-order valence-corrected chi connectivity index (χ3v) is 5.92. The summed E-state index contributed by atoms with van der Waals surface area (Å²) in [4.78, 5) is 12.2. The van der Waals surface area contributed by atoms with Gasteiger partial charge in [0.25, 0.3) is 0 Å². The monoisotopic (exact) mass is 220 g/mol. The first-order chi connectivity index (χ1) is 7.72. The van der Waals surface area contributed by atoms with Crippen molar-refractivity contribution in [3.8, 4) is 0 Å². The van der Waals surface area contributed by atoms with Crippen LogP contribution >= 0.6 is 0 Å². The molecule has 0 aromatic heterocycles. The molecule has 0 bridgehead atoms. The van der Waals surface area contributed by atoms with Crippen LogP contribution in [0.25, 0.3) is 0 Å². The van der Waals surface area contributed by atoms with Crippen LogP contribution in [0, 0.1) is 23.2 Å². The smallest absolute Gasteiger partial charge is 0.136 e. The lowest BCUT2D eigenvalue weighted by atomic mass is 9.49. The second-order valence-electron chi connectivity index (χ2n) is 6.62. The highest BCUT2D eigenvalue weighted by Crippen LogP contribution is 2.57. The number of ketones is 1. The molecule has 0 radical (unpaired) electrons. The Hall–Kier alpha value is -0.330. The van der Waals surface area contributed by atoms with Gasteiger partial charge in [0.05, 0.1) is 0 Å². The highest BCUT2D eigenvalue weighted by Gasteiger charge is 2.52. The maximum absolute atomic E-state index is 12.2. The molecule has 4 atom stereocenters. The minimum Gasteiger partial charge on any atom is -0.299 e. The lowest BCUT2D eigenvalue weighted by Crippen LogP contribution is -2.50. The zero-order valence-electron chi connectivity index (χ0n) is 10.5. The maximum atomic E-state index is 12.2. The van der Waals surface area contributed by atoms with E-state index in [1.54, 1.807) is 0 Å². The zero-order chi connectivity index (χ0) is 11.2. The molecule has 0 aromatic rings. The Morgan fingerprint density at radius 2 is 1.81 bits per heavy atom. The standard InChI is InChI=1S/C15H24O/c1-15-9-5-4-6-11(15)10-14(16)12-7-2-3-8-13(12)15/h11-13H,2-10H2,1H3/t11-,12+,13+,15+/m1/s1.